The fraction of sp³-hybridized carbons (Fsp3) is 0.685. The van der Waals surface area contributed by atoms with Crippen molar-refractivity contribution in [2.75, 3.05) is 13.2 Å². The molecule has 0 aliphatic carbocycles. The van der Waals surface area contributed by atoms with Gasteiger partial charge in [-0.05, 0) is 109 Å². The van der Waals surface area contributed by atoms with Crippen LogP contribution in [-0.2, 0) is 28.6 Å². The van der Waals surface area contributed by atoms with Crippen LogP contribution in [0.4, 0.5) is 0 Å². The van der Waals surface area contributed by atoms with Gasteiger partial charge in [0.25, 0.3) is 0 Å². The van der Waals surface area contributed by atoms with E-state index >= 15 is 0 Å². The van der Waals surface area contributed by atoms with Gasteiger partial charge < -0.3 is 14.2 Å². The molecule has 79 heavy (non-hydrogen) atoms. The van der Waals surface area contributed by atoms with Crippen LogP contribution >= 0.6 is 0 Å². The minimum absolute atomic E-state index is 0.0840. The Bertz CT molecular complexity index is 1640. The number of carbonyl (C=O) groups excluding carboxylic acids is 3. The van der Waals surface area contributed by atoms with E-state index < -0.39 is 6.10 Å². The summed E-state index contributed by atoms with van der Waals surface area (Å²) in [5.41, 5.74) is 0. The second-order valence-electron chi connectivity index (χ2n) is 21.6. The highest BCUT2D eigenvalue weighted by atomic mass is 16.6. The fourth-order valence-electron chi connectivity index (χ4n) is 9.09. The van der Waals surface area contributed by atoms with Gasteiger partial charge in [-0.15, -0.1) is 0 Å². The lowest BCUT2D eigenvalue weighted by Crippen LogP contribution is -2.30. The summed E-state index contributed by atoms with van der Waals surface area (Å²) in [6.45, 7) is 6.42. The Morgan fingerprint density at radius 1 is 0.266 bits per heavy atom. The number of unbranched alkanes of at least 4 members (excludes halogenated alkanes) is 28. The van der Waals surface area contributed by atoms with Crippen molar-refractivity contribution in [1.82, 2.24) is 0 Å². The summed E-state index contributed by atoms with van der Waals surface area (Å²) in [6, 6.07) is 0. The Kier molecular flexibility index (Phi) is 62.8. The maximum Gasteiger partial charge on any atom is 0.306 e. The highest BCUT2D eigenvalue weighted by Gasteiger charge is 2.19. The molecule has 0 heterocycles. The van der Waals surface area contributed by atoms with Gasteiger partial charge in [-0.25, -0.2) is 0 Å². The molecule has 0 amide bonds. The topological polar surface area (TPSA) is 78.9 Å². The maximum atomic E-state index is 12.9. The van der Waals surface area contributed by atoms with E-state index in [1.165, 1.54) is 128 Å². The highest BCUT2D eigenvalue weighted by Crippen LogP contribution is 2.16. The van der Waals surface area contributed by atoms with Gasteiger partial charge in [0.1, 0.15) is 13.2 Å². The summed E-state index contributed by atoms with van der Waals surface area (Å²) >= 11 is 0. The summed E-state index contributed by atoms with van der Waals surface area (Å²) in [5.74, 6) is -0.893. The number of carbonyl (C=O) groups is 3. The smallest absolute Gasteiger partial charge is 0.306 e. The molecule has 0 rings (SSSR count). The molecule has 0 saturated heterocycles. The summed E-state index contributed by atoms with van der Waals surface area (Å²) in [7, 11) is 0. The first-order valence-electron chi connectivity index (χ1n) is 33.0. The second-order valence-corrected chi connectivity index (χ2v) is 21.6. The third kappa shape index (κ3) is 64.5. The zero-order chi connectivity index (χ0) is 57.1. The van der Waals surface area contributed by atoms with Crippen molar-refractivity contribution in [2.24, 2.45) is 0 Å². The molecule has 6 nitrogen and oxygen atoms in total. The van der Waals surface area contributed by atoms with Gasteiger partial charge in [-0.2, -0.15) is 0 Å². The number of esters is 3. The normalized spacial score (nSPS) is 12.9. The molecule has 0 aromatic rings. The van der Waals surface area contributed by atoms with E-state index in [-0.39, 0.29) is 31.1 Å². The van der Waals surface area contributed by atoms with Gasteiger partial charge in [0.05, 0.1) is 0 Å². The molecule has 0 spiro atoms. The van der Waals surface area contributed by atoms with Crippen molar-refractivity contribution >= 4 is 17.9 Å². The van der Waals surface area contributed by atoms with Crippen molar-refractivity contribution in [1.29, 1.82) is 0 Å². The monoisotopic (exact) mass is 1090 g/mol. The number of rotatable bonds is 59. The maximum absolute atomic E-state index is 12.9. The molecule has 0 saturated carbocycles. The quantitative estimate of drug-likeness (QED) is 0.0261. The molecular formula is C73H122O6. The minimum atomic E-state index is -0.790. The molecule has 0 bridgehead atoms. The average Bonchev–Trinajstić information content (AvgIpc) is 3.45. The summed E-state index contributed by atoms with van der Waals surface area (Å²) < 4.78 is 16.9. The van der Waals surface area contributed by atoms with E-state index in [1.54, 1.807) is 0 Å². The van der Waals surface area contributed by atoms with Crippen LogP contribution in [0.5, 0.6) is 0 Å². The van der Waals surface area contributed by atoms with Gasteiger partial charge in [0.2, 0.25) is 0 Å². The predicted molar refractivity (Wildman–Crippen MR) is 343 cm³/mol. The van der Waals surface area contributed by atoms with Gasteiger partial charge in [0, 0.05) is 19.3 Å². The van der Waals surface area contributed by atoms with Crippen LogP contribution in [0, 0.1) is 0 Å². The molecular weight excluding hydrogens is 973 g/mol. The van der Waals surface area contributed by atoms with E-state index in [2.05, 4.69) is 142 Å². The first kappa shape index (κ1) is 74.8. The standard InChI is InChI=1S/C73H122O6/c1-4-7-10-13-16-19-22-25-27-29-31-33-35-36-38-39-41-43-45-48-51-54-57-60-63-66-72(75)78-69-70(68-77-71(74)65-62-59-56-53-50-47-24-21-18-15-12-9-6-3)79-73(76)67-64-61-58-55-52-49-46-44-42-40-37-34-32-30-28-26-23-20-17-14-11-8-5-2/h7-8,10-11,16-17,19-20,25-28,31-34,36,38,40,42,70H,4-6,9,12-15,18,21-24,29-30,35,37,39,41,43-69H2,1-3H3/b10-7-,11-8-,19-16-,20-17-,27-25-,28-26-,33-31-,34-32-,38-36-,42-40-. The van der Waals surface area contributed by atoms with Crippen molar-refractivity contribution < 1.29 is 28.6 Å². The Labute approximate surface area is 488 Å². The molecule has 0 aliphatic heterocycles. The zero-order valence-electron chi connectivity index (χ0n) is 51.6. The number of hydrogen-bond donors (Lipinski definition) is 0. The molecule has 0 aromatic heterocycles. The van der Waals surface area contributed by atoms with Crippen molar-refractivity contribution in [3.63, 3.8) is 0 Å². The molecule has 0 aromatic carbocycles. The van der Waals surface area contributed by atoms with Gasteiger partial charge in [0.15, 0.2) is 6.10 Å². The summed E-state index contributed by atoms with van der Waals surface area (Å²) in [6.07, 6.45) is 92.0. The van der Waals surface area contributed by atoms with Crippen LogP contribution in [0.3, 0.4) is 0 Å². The lowest BCUT2D eigenvalue weighted by molar-refractivity contribution is -0.167. The second kappa shape index (κ2) is 66.3. The summed E-state index contributed by atoms with van der Waals surface area (Å²) in [5, 5.41) is 0. The highest BCUT2D eigenvalue weighted by molar-refractivity contribution is 5.71. The first-order chi connectivity index (χ1) is 39.0. The summed E-state index contributed by atoms with van der Waals surface area (Å²) in [4.78, 5) is 38.4. The fourth-order valence-corrected chi connectivity index (χ4v) is 9.09. The van der Waals surface area contributed by atoms with Gasteiger partial charge >= 0.3 is 17.9 Å². The van der Waals surface area contributed by atoms with Crippen molar-refractivity contribution in [2.45, 2.75) is 309 Å². The lowest BCUT2D eigenvalue weighted by atomic mass is 10.0. The SMILES string of the molecule is CC/C=C\C/C=C\C/C=C\C/C=C\C/C=C\CCCCCCCCCCCC(=O)OCC(COC(=O)CCCCCCCCCCCCCCC)OC(=O)CCCCCCCCC/C=C\C/C=C\C/C=C\C/C=C\C/C=C\CC. The van der Waals surface area contributed by atoms with Crippen LogP contribution in [0.25, 0.3) is 0 Å². The number of hydrogen-bond acceptors (Lipinski definition) is 6. The molecule has 6 heteroatoms. The largest absolute Gasteiger partial charge is 0.462 e. The average molecular weight is 1100 g/mol. The van der Waals surface area contributed by atoms with Crippen LogP contribution < -0.4 is 0 Å². The van der Waals surface area contributed by atoms with E-state index in [4.69, 9.17) is 14.2 Å². The molecule has 0 N–H and O–H groups in total. The third-order valence-electron chi connectivity index (χ3n) is 14.0. The number of allylic oxidation sites excluding steroid dienone is 20. The lowest BCUT2D eigenvalue weighted by Gasteiger charge is -2.18. The van der Waals surface area contributed by atoms with Crippen LogP contribution in [0.2, 0.25) is 0 Å². The van der Waals surface area contributed by atoms with Crippen molar-refractivity contribution in [3.8, 4) is 0 Å². The van der Waals surface area contributed by atoms with E-state index in [9.17, 15) is 14.4 Å². The van der Waals surface area contributed by atoms with Crippen LogP contribution in [-0.4, -0.2) is 37.2 Å². The molecule has 450 valence electrons. The molecule has 1 unspecified atom stereocenters. The Hall–Kier alpha value is -4.19. The predicted octanol–water partition coefficient (Wildman–Crippen LogP) is 22.8. The van der Waals surface area contributed by atoms with Gasteiger partial charge in [-0.1, -0.05) is 296 Å². The van der Waals surface area contributed by atoms with Crippen molar-refractivity contribution in [3.05, 3.63) is 122 Å². The van der Waals surface area contributed by atoms with E-state index in [0.29, 0.717) is 19.3 Å². The molecule has 1 atom stereocenters. The molecule has 0 aliphatic rings. The number of ether oxygens (including phenoxy) is 3. The van der Waals surface area contributed by atoms with Crippen LogP contribution in [0.15, 0.2) is 122 Å². The third-order valence-corrected chi connectivity index (χ3v) is 14.0. The Morgan fingerprint density at radius 2 is 0.494 bits per heavy atom. The first-order valence-corrected chi connectivity index (χ1v) is 33.0. The zero-order valence-corrected chi connectivity index (χ0v) is 51.6. The van der Waals surface area contributed by atoms with Gasteiger partial charge in [-0.3, -0.25) is 14.4 Å². The minimum Gasteiger partial charge on any atom is -0.462 e. The van der Waals surface area contributed by atoms with E-state index in [1.807, 2.05) is 0 Å². The molecule has 0 fully saturated rings. The van der Waals surface area contributed by atoms with Crippen LogP contribution in [0.1, 0.15) is 303 Å². The Morgan fingerprint density at radius 3 is 0.772 bits per heavy atom. The van der Waals surface area contributed by atoms with E-state index in [0.717, 1.165) is 135 Å². The molecule has 0 radical (unpaired) electrons. The Balaban J connectivity index is 4.37.